The molecule has 2 aromatic rings. The molecule has 1 saturated heterocycles. The minimum atomic E-state index is -3.60. The Bertz CT molecular complexity index is 1340. The van der Waals surface area contributed by atoms with Crippen LogP contribution in [0.4, 0.5) is 15.9 Å². The van der Waals surface area contributed by atoms with E-state index in [-0.39, 0.29) is 53.1 Å². The Kier molecular flexibility index (Phi) is 8.31. The Morgan fingerprint density at radius 2 is 2.18 bits per heavy atom. The van der Waals surface area contributed by atoms with Crippen molar-refractivity contribution in [3.63, 3.8) is 0 Å². The van der Waals surface area contributed by atoms with Crippen LogP contribution in [0.5, 0.6) is 0 Å². The summed E-state index contributed by atoms with van der Waals surface area (Å²) in [6, 6.07) is 3.77. The van der Waals surface area contributed by atoms with E-state index in [0.717, 1.165) is 6.07 Å². The van der Waals surface area contributed by atoms with Crippen LogP contribution < -0.4 is 16.4 Å². The summed E-state index contributed by atoms with van der Waals surface area (Å²) in [6.07, 6.45) is 1.03. The summed E-state index contributed by atoms with van der Waals surface area (Å²) in [5.41, 5.74) is 5.41. The largest absolute Gasteiger partial charge is 0.389 e. The molecule has 38 heavy (non-hydrogen) atoms. The van der Waals surface area contributed by atoms with E-state index in [1.807, 2.05) is 0 Å². The van der Waals surface area contributed by atoms with Crippen LogP contribution in [0.2, 0.25) is 5.02 Å². The van der Waals surface area contributed by atoms with E-state index in [0.29, 0.717) is 38.2 Å². The van der Waals surface area contributed by atoms with Gasteiger partial charge in [-0.1, -0.05) is 11.6 Å². The van der Waals surface area contributed by atoms with E-state index in [1.165, 1.54) is 16.8 Å². The van der Waals surface area contributed by atoms with Crippen LogP contribution in [-0.2, 0) is 21.7 Å². The fraction of sp³-hybridized carbons (Fsp3) is 0.542. The number of hydrogen-bond donors (Lipinski definition) is 4. The lowest BCUT2D eigenvalue weighted by molar-refractivity contribution is -0.131. The molecule has 1 aliphatic heterocycles. The monoisotopic (exact) mass is 570 g/mol. The van der Waals surface area contributed by atoms with Crippen molar-refractivity contribution in [2.45, 2.75) is 37.2 Å². The van der Waals surface area contributed by atoms with Crippen molar-refractivity contribution in [2.75, 3.05) is 48.7 Å². The van der Waals surface area contributed by atoms with E-state index < -0.39 is 38.8 Å². The van der Waals surface area contributed by atoms with Gasteiger partial charge in [0, 0.05) is 38.3 Å². The van der Waals surface area contributed by atoms with Gasteiger partial charge in [-0.25, -0.2) is 12.8 Å². The number of nitrogen functional groups attached to an aromatic ring is 1. The van der Waals surface area contributed by atoms with Gasteiger partial charge in [0.05, 0.1) is 34.4 Å². The van der Waals surface area contributed by atoms with Crippen molar-refractivity contribution in [3.8, 4) is 0 Å². The van der Waals surface area contributed by atoms with Gasteiger partial charge in [0.2, 0.25) is 5.91 Å². The average Bonchev–Trinajstić information content (AvgIpc) is 3.36. The van der Waals surface area contributed by atoms with Crippen molar-refractivity contribution in [3.05, 3.63) is 40.3 Å². The quantitative estimate of drug-likeness (QED) is 0.351. The number of rotatable bonds is 9. The second kappa shape index (κ2) is 11.2. The number of aryl methyl sites for hydroxylation is 1. The number of nitrogens with one attached hydrogen (secondary N) is 2. The summed E-state index contributed by atoms with van der Waals surface area (Å²) in [7, 11) is -2.02. The molecule has 1 aromatic heterocycles. The molecule has 0 spiro atoms. The number of carbonyl (C=O) groups is 2. The van der Waals surface area contributed by atoms with Gasteiger partial charge >= 0.3 is 0 Å². The summed E-state index contributed by atoms with van der Waals surface area (Å²) in [4.78, 5) is 26.6. The molecule has 1 aliphatic carbocycles. The molecule has 0 bridgehead atoms. The van der Waals surface area contributed by atoms with E-state index in [1.54, 1.807) is 11.9 Å². The molecule has 2 amide bonds. The molecular weight excluding hydrogens is 539 g/mol. The number of aromatic nitrogens is 2. The lowest BCUT2D eigenvalue weighted by Gasteiger charge is -2.27. The van der Waals surface area contributed by atoms with Crippen LogP contribution in [0.3, 0.4) is 0 Å². The minimum Gasteiger partial charge on any atom is -0.389 e. The van der Waals surface area contributed by atoms with Crippen LogP contribution in [0.25, 0.3) is 0 Å². The highest BCUT2D eigenvalue weighted by molar-refractivity contribution is 7.91. The van der Waals surface area contributed by atoms with Crippen LogP contribution in [0.1, 0.15) is 47.7 Å². The van der Waals surface area contributed by atoms with Crippen molar-refractivity contribution in [1.29, 1.82) is 0 Å². The molecule has 2 fully saturated rings. The third kappa shape index (κ3) is 6.45. The summed E-state index contributed by atoms with van der Waals surface area (Å²) in [5.74, 6) is -2.08. The minimum absolute atomic E-state index is 0.0529. The number of nitrogens with zero attached hydrogens (tertiary/aromatic N) is 3. The number of piperazine rings is 1. The van der Waals surface area contributed by atoms with Crippen LogP contribution in [0, 0.1) is 5.82 Å². The molecule has 14 heteroatoms. The first-order valence-corrected chi connectivity index (χ1v) is 14.6. The Balaban J connectivity index is 1.41. The summed E-state index contributed by atoms with van der Waals surface area (Å²) in [5, 5.41) is 21.0. The fourth-order valence-corrected chi connectivity index (χ4v) is 7.13. The zero-order chi connectivity index (χ0) is 27.7. The molecule has 1 aromatic carbocycles. The van der Waals surface area contributed by atoms with E-state index in [2.05, 4.69) is 15.7 Å². The number of nitrogens with two attached hydrogens (primary N) is 1. The van der Waals surface area contributed by atoms with Crippen LogP contribution in [0.15, 0.2) is 18.2 Å². The molecule has 5 N–H and O–H groups in total. The zero-order valence-corrected chi connectivity index (χ0v) is 22.6. The predicted molar refractivity (Wildman–Crippen MR) is 141 cm³/mol. The Morgan fingerprint density at radius 1 is 1.42 bits per heavy atom. The van der Waals surface area contributed by atoms with Gasteiger partial charge in [-0.15, -0.1) is 0 Å². The molecule has 0 radical (unpaired) electrons. The van der Waals surface area contributed by atoms with Crippen LogP contribution in [-0.4, -0.2) is 83.3 Å². The van der Waals surface area contributed by atoms with E-state index in [9.17, 15) is 27.5 Å². The molecule has 2 atom stereocenters. The van der Waals surface area contributed by atoms with Gasteiger partial charge in [0.15, 0.2) is 9.84 Å². The van der Waals surface area contributed by atoms with Gasteiger partial charge in [-0.2, -0.15) is 5.10 Å². The van der Waals surface area contributed by atoms with E-state index >= 15 is 0 Å². The highest BCUT2D eigenvalue weighted by atomic mass is 35.5. The summed E-state index contributed by atoms with van der Waals surface area (Å²) < 4.78 is 40.5. The molecule has 2 heterocycles. The maximum absolute atomic E-state index is 13.5. The number of benzene rings is 1. The number of aliphatic hydroxyl groups is 1. The topological polar surface area (TPSA) is 160 Å². The molecule has 1 saturated carbocycles. The van der Waals surface area contributed by atoms with Crippen LogP contribution >= 0.6 is 11.6 Å². The van der Waals surface area contributed by atoms with E-state index in [4.69, 9.17) is 17.3 Å². The Labute approximate surface area is 225 Å². The first-order chi connectivity index (χ1) is 17.9. The first kappa shape index (κ1) is 28.3. The smallest absolute Gasteiger partial charge is 0.261 e. The maximum Gasteiger partial charge on any atom is 0.261 e. The second-order valence-electron chi connectivity index (χ2n) is 10.0. The SMILES string of the molecule is Cn1nc(C2CCC(O)(CS(=O)(=O)CCCN3CCNCC3=O)C2)c(C(=O)Nc2ccc(F)c(Cl)c2)c1N. The number of amides is 2. The molecule has 2 aliphatic rings. The van der Waals surface area contributed by atoms with Gasteiger partial charge in [0.1, 0.15) is 17.2 Å². The maximum atomic E-state index is 13.5. The number of hydrogen-bond acceptors (Lipinski definition) is 8. The number of anilines is 2. The summed E-state index contributed by atoms with van der Waals surface area (Å²) >= 11 is 5.81. The lowest BCUT2D eigenvalue weighted by Crippen LogP contribution is -2.48. The van der Waals surface area contributed by atoms with Gasteiger partial charge in [0.25, 0.3) is 5.91 Å². The lowest BCUT2D eigenvalue weighted by atomic mass is 9.96. The number of halogens is 2. The predicted octanol–water partition coefficient (Wildman–Crippen LogP) is 1.28. The zero-order valence-electron chi connectivity index (χ0n) is 21.0. The Morgan fingerprint density at radius 3 is 2.89 bits per heavy atom. The molecule has 2 unspecified atom stereocenters. The van der Waals surface area contributed by atoms with Gasteiger partial charge < -0.3 is 26.4 Å². The second-order valence-corrected chi connectivity index (χ2v) is 12.6. The molecule has 4 rings (SSSR count). The van der Waals surface area contributed by atoms with Crippen molar-refractivity contribution in [1.82, 2.24) is 20.0 Å². The van der Waals surface area contributed by atoms with Crippen molar-refractivity contribution in [2.24, 2.45) is 7.05 Å². The first-order valence-electron chi connectivity index (χ1n) is 12.4. The number of carbonyl (C=O) groups excluding carboxylic acids is 2. The number of sulfone groups is 1. The molecular formula is C24H32ClFN6O5S. The third-order valence-electron chi connectivity index (χ3n) is 7.05. The average molecular weight is 571 g/mol. The highest BCUT2D eigenvalue weighted by Gasteiger charge is 2.43. The highest BCUT2D eigenvalue weighted by Crippen LogP contribution is 2.43. The normalized spacial score (nSPS) is 22.2. The summed E-state index contributed by atoms with van der Waals surface area (Å²) in [6.45, 7) is 1.83. The standard InChI is InChI=1S/C24H32ClFN6O5S/c1-31-22(27)20(23(34)29-16-3-4-18(26)17(25)11-16)21(30-31)15-5-6-24(35,12-15)14-38(36,37)10-2-8-32-9-7-28-13-19(32)33/h3-4,11,15,28,35H,2,5-10,12-14,27H2,1H3,(H,29,34). The van der Waals surface area contributed by atoms with Gasteiger partial charge in [-0.3, -0.25) is 14.3 Å². The molecule has 208 valence electrons. The molecule has 11 nitrogen and oxygen atoms in total. The third-order valence-corrected chi connectivity index (χ3v) is 9.23. The van der Waals surface area contributed by atoms with Crippen molar-refractivity contribution >= 4 is 44.8 Å². The fourth-order valence-electron chi connectivity index (χ4n) is 5.15. The van der Waals surface area contributed by atoms with Gasteiger partial charge in [-0.05, 0) is 43.9 Å². The van der Waals surface area contributed by atoms with Crippen molar-refractivity contribution < 1.29 is 27.5 Å². The Hall–Kier alpha value is -2.74.